The van der Waals surface area contributed by atoms with Gasteiger partial charge in [-0.15, -0.1) is 0 Å². The van der Waals surface area contributed by atoms with Gasteiger partial charge < -0.3 is 49.8 Å². The predicted molar refractivity (Wildman–Crippen MR) is 295 cm³/mol. The summed E-state index contributed by atoms with van der Waals surface area (Å²) in [7, 11) is 17.8. The molecule has 4 aliphatic heterocycles. The van der Waals surface area contributed by atoms with Gasteiger partial charge in [-0.1, -0.05) is 56.0 Å². The molecule has 0 aromatic heterocycles. The number of hydrogen-bond donors (Lipinski definition) is 2. The second-order valence-electron chi connectivity index (χ2n) is 19.8. The molecule has 2 unspecified atom stereocenters. The Balaban J connectivity index is 0.000000682. The Hall–Kier alpha value is 1.06. The fourth-order valence-electron chi connectivity index (χ4n) is 8.84. The molecule has 0 saturated carbocycles. The van der Waals surface area contributed by atoms with Crippen LogP contribution in [0.3, 0.4) is 0 Å². The van der Waals surface area contributed by atoms with Gasteiger partial charge >= 0.3 is 0 Å². The molecule has 68 heavy (non-hydrogen) atoms. The van der Waals surface area contributed by atoms with Crippen LogP contribution in [0.1, 0.15) is 118 Å². The van der Waals surface area contributed by atoms with Crippen LogP contribution in [-0.4, -0.2) is 246 Å². The molecule has 4 saturated heterocycles. The molecule has 0 aromatic rings. The number of rotatable bonds is 20. The summed E-state index contributed by atoms with van der Waals surface area (Å²) < 4.78 is 15.7. The van der Waals surface area contributed by atoms with Crippen molar-refractivity contribution in [2.45, 2.75) is 126 Å². The first-order valence-corrected chi connectivity index (χ1v) is 31.2. The second-order valence-corrected chi connectivity index (χ2v) is 25.4. The Morgan fingerprint density at radius 3 is 1.19 bits per heavy atom. The summed E-state index contributed by atoms with van der Waals surface area (Å²) in [4.78, 5) is 43.7. The Kier molecular flexibility index (Phi) is 41.3. The third-order valence-electron chi connectivity index (χ3n) is 13.5. The van der Waals surface area contributed by atoms with Gasteiger partial charge in [-0.2, -0.15) is 0 Å². The molecule has 4 heterocycles. The van der Waals surface area contributed by atoms with Gasteiger partial charge in [0, 0.05) is 137 Å². The number of hydrogen-bond acceptors (Lipinski definition) is 14. The summed E-state index contributed by atoms with van der Waals surface area (Å²) in [6, 6.07) is 0. The Bertz CT molecular complexity index is 1250. The number of likely N-dealkylation sites (N-methyl/N-ethyl adjacent to an activating group) is 6. The van der Waals surface area contributed by atoms with E-state index in [2.05, 4.69) is 78.0 Å². The third-order valence-corrected chi connectivity index (χ3v) is 19.5. The van der Waals surface area contributed by atoms with Crippen molar-refractivity contribution in [2.75, 3.05) is 185 Å². The summed E-state index contributed by atoms with van der Waals surface area (Å²) in [6.45, 7) is 21.1. The molecule has 4 fully saturated rings. The molecule has 0 aliphatic carbocycles. The second kappa shape index (κ2) is 44.4. The number of carbonyl (C=O) groups is 2. The maximum absolute atomic E-state index is 12.1. The van der Waals surface area contributed by atoms with Crippen LogP contribution in [-0.2, 0) is 43.7 Å². The summed E-state index contributed by atoms with van der Waals surface area (Å²) >= 11 is 0. The van der Waals surface area contributed by atoms with Crippen molar-refractivity contribution in [1.82, 2.24) is 49.8 Å². The van der Waals surface area contributed by atoms with E-state index in [0.717, 1.165) is 160 Å². The minimum Gasteiger partial charge on any atom is -0.356 e. The van der Waals surface area contributed by atoms with Gasteiger partial charge in [0.05, 0.1) is 0 Å². The van der Waals surface area contributed by atoms with Gasteiger partial charge in [-0.05, 0) is 198 Å². The van der Waals surface area contributed by atoms with E-state index < -0.39 is 0 Å². The molecular weight excluding hydrogens is 1030 g/mol. The van der Waals surface area contributed by atoms with E-state index in [1.807, 2.05) is 43.2 Å². The summed E-state index contributed by atoms with van der Waals surface area (Å²) in [6.07, 6.45) is 20.0. The van der Waals surface area contributed by atoms with E-state index in [-0.39, 0.29) is 46.0 Å². The molecule has 4 aliphatic rings. The van der Waals surface area contributed by atoms with Crippen LogP contribution < -0.4 is 10.6 Å². The van der Waals surface area contributed by atoms with Crippen LogP contribution in [0.15, 0.2) is 0 Å². The molecular formula is C50H102Cu2N10O2S4. The third kappa shape index (κ3) is 36.9. The molecule has 0 bridgehead atoms. The maximum atomic E-state index is 12.1. The average molecular weight is 1130 g/mol. The summed E-state index contributed by atoms with van der Waals surface area (Å²) in [5.74, 6) is 3.05. The van der Waals surface area contributed by atoms with Crippen LogP contribution in [0.2, 0.25) is 0 Å². The zero-order valence-electron chi connectivity index (χ0n) is 45.5. The van der Waals surface area contributed by atoms with Gasteiger partial charge in [0.1, 0.15) is 0 Å². The van der Waals surface area contributed by atoms with Crippen LogP contribution in [0.5, 0.6) is 0 Å². The Morgan fingerprint density at radius 1 is 0.456 bits per heavy atom. The van der Waals surface area contributed by atoms with E-state index in [1.54, 1.807) is 0 Å². The first kappa shape index (κ1) is 63.4. The van der Waals surface area contributed by atoms with Crippen molar-refractivity contribution < 1.29 is 46.5 Å². The Morgan fingerprint density at radius 2 is 0.809 bits per heavy atom. The van der Waals surface area contributed by atoms with Crippen molar-refractivity contribution in [3.05, 3.63) is 0 Å². The average Bonchev–Trinajstić information content (AvgIpc) is 4.07. The number of unbranched alkanes of at least 4 members (excludes halogenated alkanes) is 4. The topological polar surface area (TPSA) is 84.1 Å². The van der Waals surface area contributed by atoms with E-state index >= 15 is 0 Å². The fourth-order valence-corrected chi connectivity index (χ4v) is 14.9. The number of nitrogens with zero attached hydrogens (tertiary/aromatic N) is 8. The normalized spacial score (nSPS) is 23.7. The molecule has 2 atom stereocenters. The molecule has 2 N–H and O–H groups in total. The molecule has 18 heteroatoms. The van der Waals surface area contributed by atoms with Gasteiger partial charge in [0.15, 0.2) is 0 Å². The van der Waals surface area contributed by atoms with Crippen LogP contribution >= 0.6 is 43.2 Å². The largest absolute Gasteiger partial charge is 0.356 e. The molecule has 2 amide bonds. The number of nitrogens with one attached hydrogen (secondary N) is 2. The molecule has 410 valence electrons. The van der Waals surface area contributed by atoms with Crippen molar-refractivity contribution in [1.29, 1.82) is 0 Å². The molecule has 2 radical (unpaired) electrons. The number of carbonyl (C=O) groups excluding carboxylic acids is 2. The van der Waals surface area contributed by atoms with Crippen LogP contribution in [0, 0.1) is 0 Å². The summed E-state index contributed by atoms with van der Waals surface area (Å²) in [5, 5.41) is 7.91. The van der Waals surface area contributed by atoms with Crippen molar-refractivity contribution in [3.63, 3.8) is 0 Å². The van der Waals surface area contributed by atoms with Crippen molar-refractivity contribution >= 4 is 55.0 Å². The first-order chi connectivity index (χ1) is 33.1. The monoisotopic (exact) mass is 1130 g/mol. The SMILES string of the molecule is CN1CCCN(C)CCN(CCCCNC(=O)CCCCC2CCSS2)CCCN(C)CC1.[3H]CN1CCCN(CCCCNC(=O)CCCCC2CCSS2)CCN(C[3H])CCCN(C)CC1.[Cu].[Cu]. The first-order valence-electron chi connectivity index (χ1n) is 27.9. The van der Waals surface area contributed by atoms with E-state index in [9.17, 15) is 9.59 Å². The van der Waals surface area contributed by atoms with Gasteiger partial charge in [0.2, 0.25) is 11.8 Å². The number of amides is 2. The molecule has 0 spiro atoms. The zero-order valence-corrected chi connectivity index (χ0v) is 48.6. The van der Waals surface area contributed by atoms with Crippen LogP contribution in [0.25, 0.3) is 0 Å². The zero-order chi connectivity index (χ0) is 48.9. The fraction of sp³-hybridized carbons (Fsp3) is 0.960. The summed E-state index contributed by atoms with van der Waals surface area (Å²) in [5.41, 5.74) is 0. The van der Waals surface area contributed by atoms with Gasteiger partial charge in [-0.3, -0.25) is 9.59 Å². The van der Waals surface area contributed by atoms with Crippen molar-refractivity contribution in [2.24, 2.45) is 0 Å². The van der Waals surface area contributed by atoms with E-state index in [1.165, 1.54) is 95.5 Å². The van der Waals surface area contributed by atoms with Gasteiger partial charge in [-0.25, -0.2) is 0 Å². The predicted octanol–water partition coefficient (Wildman–Crippen LogP) is 6.97. The van der Waals surface area contributed by atoms with Gasteiger partial charge in [0.25, 0.3) is 0 Å². The maximum Gasteiger partial charge on any atom is 0.219 e. The van der Waals surface area contributed by atoms with E-state index in [4.69, 9.17) is 2.74 Å². The smallest absolute Gasteiger partial charge is 0.219 e. The standard InChI is InChI=1S/2C25H51N5OS2.2Cu/c2*1-27-14-8-15-29(3)21-22-30(18-9-16-28(2)20-19-27)17-7-6-13-26-25(31)11-5-4-10-24-12-23-32-33-24;;/h2*24H,4-23H2,1-3H3,(H,26,31);;/i2T,3T;;;. The molecule has 12 nitrogen and oxygen atoms in total. The Labute approximate surface area is 458 Å². The minimum atomic E-state index is 0. The molecule has 4 rings (SSSR count). The van der Waals surface area contributed by atoms with E-state index in [0.29, 0.717) is 26.9 Å². The molecule has 0 aromatic carbocycles. The van der Waals surface area contributed by atoms with Crippen LogP contribution in [0.4, 0.5) is 0 Å². The van der Waals surface area contributed by atoms with Crippen molar-refractivity contribution in [3.8, 4) is 0 Å². The minimum absolute atomic E-state index is 0. The quantitative estimate of drug-likeness (QED) is 0.0749.